The van der Waals surface area contributed by atoms with E-state index in [-0.39, 0.29) is 5.91 Å². The third kappa shape index (κ3) is 3.74. The highest BCUT2D eigenvalue weighted by atomic mass is 32.1. The van der Waals surface area contributed by atoms with E-state index >= 15 is 0 Å². The van der Waals surface area contributed by atoms with Gasteiger partial charge in [-0.3, -0.25) is 4.79 Å². The summed E-state index contributed by atoms with van der Waals surface area (Å²) in [5, 5.41) is 2.99. The molecule has 1 N–H and O–H groups in total. The molecule has 0 aliphatic heterocycles. The molecule has 0 saturated heterocycles. The number of allylic oxidation sites excluding steroid dienone is 2. The predicted octanol–water partition coefficient (Wildman–Crippen LogP) is 2.88. The number of likely N-dealkylation sites (N-methyl/N-ethyl adjacent to an activating group) is 1. The molecule has 2 rings (SSSR count). The van der Waals surface area contributed by atoms with E-state index < -0.39 is 0 Å². The molecule has 0 saturated carbocycles. The number of carbonyl (C=O) groups excluding carboxylic acids is 1. The number of nitrogens with one attached hydrogen (secondary N) is 1. The maximum atomic E-state index is 12.4. The molecule has 114 valence electrons. The van der Waals surface area contributed by atoms with Crippen molar-refractivity contribution >= 4 is 27.5 Å². The molecule has 21 heavy (non-hydrogen) atoms. The van der Waals surface area contributed by atoms with Gasteiger partial charge < -0.3 is 14.8 Å². The lowest BCUT2D eigenvalue weighted by Crippen LogP contribution is -2.32. The van der Waals surface area contributed by atoms with E-state index in [0.717, 1.165) is 24.3 Å². The minimum atomic E-state index is 0.00223. The highest BCUT2D eigenvalue weighted by molar-refractivity contribution is 7.19. The topological polar surface area (TPSA) is 37.3 Å². The number of aromatic nitrogens is 1. The molecule has 0 spiro atoms. The SMILES string of the molecule is C/C=C/Cn1c(C(=O)NCCN(C)C)cc2sc(C)cc21. The molecule has 2 heterocycles. The first-order chi connectivity index (χ1) is 10.0. The Morgan fingerprint density at radius 1 is 1.43 bits per heavy atom. The van der Waals surface area contributed by atoms with Gasteiger partial charge in [0, 0.05) is 24.5 Å². The summed E-state index contributed by atoms with van der Waals surface area (Å²) in [6, 6.07) is 4.15. The molecular weight excluding hydrogens is 282 g/mol. The van der Waals surface area contributed by atoms with Crippen molar-refractivity contribution in [2.75, 3.05) is 27.2 Å². The minimum Gasteiger partial charge on any atom is -0.349 e. The van der Waals surface area contributed by atoms with E-state index in [0.29, 0.717) is 6.54 Å². The molecule has 1 amide bonds. The monoisotopic (exact) mass is 305 g/mol. The van der Waals surface area contributed by atoms with Crippen LogP contribution in [0.15, 0.2) is 24.3 Å². The average Bonchev–Trinajstić information content (AvgIpc) is 2.92. The van der Waals surface area contributed by atoms with Crippen molar-refractivity contribution in [3.05, 3.63) is 34.9 Å². The quantitative estimate of drug-likeness (QED) is 0.833. The van der Waals surface area contributed by atoms with Crippen LogP contribution in [-0.4, -0.2) is 42.6 Å². The highest BCUT2D eigenvalue weighted by Crippen LogP contribution is 2.28. The minimum absolute atomic E-state index is 0.00223. The summed E-state index contributed by atoms with van der Waals surface area (Å²) in [6.45, 7) is 6.33. The van der Waals surface area contributed by atoms with Gasteiger partial charge in [0.1, 0.15) is 5.69 Å². The molecule has 0 unspecified atom stereocenters. The number of fused-ring (bicyclic) bond motifs is 1. The first-order valence-corrected chi connectivity index (χ1v) is 7.98. The van der Waals surface area contributed by atoms with Crippen LogP contribution in [0.2, 0.25) is 0 Å². The average molecular weight is 305 g/mol. The van der Waals surface area contributed by atoms with Crippen LogP contribution in [0.3, 0.4) is 0 Å². The maximum absolute atomic E-state index is 12.4. The zero-order valence-electron chi connectivity index (χ0n) is 13.1. The van der Waals surface area contributed by atoms with Crippen LogP contribution in [0.1, 0.15) is 22.3 Å². The summed E-state index contributed by atoms with van der Waals surface area (Å²) in [6.07, 6.45) is 4.09. The van der Waals surface area contributed by atoms with Crippen molar-refractivity contribution in [2.24, 2.45) is 0 Å². The van der Waals surface area contributed by atoms with E-state index in [1.54, 1.807) is 11.3 Å². The Bertz CT molecular complexity index is 652. The van der Waals surface area contributed by atoms with Gasteiger partial charge in [0.15, 0.2) is 0 Å². The summed E-state index contributed by atoms with van der Waals surface area (Å²) >= 11 is 1.73. The molecule has 0 atom stereocenters. The molecule has 2 aromatic rings. The Hall–Kier alpha value is -1.59. The van der Waals surface area contributed by atoms with Crippen LogP contribution >= 0.6 is 11.3 Å². The fourth-order valence-electron chi connectivity index (χ4n) is 2.24. The Labute approximate surface area is 130 Å². The summed E-state index contributed by atoms with van der Waals surface area (Å²) in [5.41, 5.74) is 1.89. The third-order valence-electron chi connectivity index (χ3n) is 3.31. The highest BCUT2D eigenvalue weighted by Gasteiger charge is 2.16. The lowest BCUT2D eigenvalue weighted by molar-refractivity contribution is 0.0942. The number of rotatable bonds is 6. The van der Waals surface area contributed by atoms with Crippen molar-refractivity contribution in [1.29, 1.82) is 0 Å². The largest absolute Gasteiger partial charge is 0.349 e. The number of carbonyl (C=O) groups is 1. The zero-order valence-corrected chi connectivity index (χ0v) is 14.0. The second-order valence-corrected chi connectivity index (χ2v) is 6.66. The van der Waals surface area contributed by atoms with Gasteiger partial charge in [0.2, 0.25) is 0 Å². The first kappa shape index (κ1) is 15.8. The summed E-state index contributed by atoms with van der Waals surface area (Å²) in [7, 11) is 4.00. The molecule has 0 radical (unpaired) electrons. The molecule has 0 bridgehead atoms. The second kappa shape index (κ2) is 6.91. The molecule has 0 fully saturated rings. The van der Waals surface area contributed by atoms with Gasteiger partial charge in [-0.25, -0.2) is 0 Å². The maximum Gasteiger partial charge on any atom is 0.268 e. The van der Waals surface area contributed by atoms with Gasteiger partial charge in [-0.2, -0.15) is 0 Å². The first-order valence-electron chi connectivity index (χ1n) is 7.16. The third-order valence-corrected chi connectivity index (χ3v) is 4.30. The number of nitrogens with zero attached hydrogens (tertiary/aromatic N) is 2. The van der Waals surface area contributed by atoms with Crippen LogP contribution in [0, 0.1) is 6.92 Å². The van der Waals surface area contributed by atoms with Crippen LogP contribution in [0.25, 0.3) is 10.2 Å². The molecule has 0 aliphatic carbocycles. The molecule has 0 aromatic carbocycles. The van der Waals surface area contributed by atoms with E-state index in [1.165, 1.54) is 9.58 Å². The lowest BCUT2D eigenvalue weighted by Gasteiger charge is -2.12. The van der Waals surface area contributed by atoms with Crippen molar-refractivity contribution in [3.8, 4) is 0 Å². The fraction of sp³-hybridized carbons (Fsp3) is 0.438. The van der Waals surface area contributed by atoms with E-state index in [9.17, 15) is 4.79 Å². The number of amides is 1. The van der Waals surface area contributed by atoms with Gasteiger partial charge in [-0.05, 0) is 40.1 Å². The number of thiophene rings is 1. The normalized spacial score (nSPS) is 11.9. The van der Waals surface area contributed by atoms with Crippen LogP contribution in [-0.2, 0) is 6.54 Å². The van der Waals surface area contributed by atoms with Crippen molar-refractivity contribution in [1.82, 2.24) is 14.8 Å². The van der Waals surface area contributed by atoms with Gasteiger partial charge in [0.05, 0.1) is 10.2 Å². The van der Waals surface area contributed by atoms with Gasteiger partial charge in [-0.15, -0.1) is 11.3 Å². The summed E-state index contributed by atoms with van der Waals surface area (Å²) in [4.78, 5) is 15.7. The molecule has 0 aliphatic rings. The smallest absolute Gasteiger partial charge is 0.268 e. The number of hydrogen-bond donors (Lipinski definition) is 1. The van der Waals surface area contributed by atoms with Gasteiger partial charge >= 0.3 is 0 Å². The summed E-state index contributed by atoms with van der Waals surface area (Å²) in [5.74, 6) is 0.00223. The molecular formula is C16H23N3OS. The Kier molecular flexibility index (Phi) is 5.20. The zero-order chi connectivity index (χ0) is 15.4. The second-order valence-electron chi connectivity index (χ2n) is 5.37. The Balaban J connectivity index is 2.24. The lowest BCUT2D eigenvalue weighted by atomic mass is 10.4. The number of aryl methyl sites for hydroxylation is 1. The van der Waals surface area contributed by atoms with Crippen molar-refractivity contribution in [2.45, 2.75) is 20.4 Å². The molecule has 4 nitrogen and oxygen atoms in total. The van der Waals surface area contributed by atoms with Gasteiger partial charge in [0.25, 0.3) is 5.91 Å². The van der Waals surface area contributed by atoms with Crippen molar-refractivity contribution in [3.63, 3.8) is 0 Å². The van der Waals surface area contributed by atoms with E-state index in [4.69, 9.17) is 0 Å². The Morgan fingerprint density at radius 2 is 2.19 bits per heavy atom. The van der Waals surface area contributed by atoms with Crippen LogP contribution in [0.4, 0.5) is 0 Å². The molecule has 2 aromatic heterocycles. The van der Waals surface area contributed by atoms with Gasteiger partial charge in [-0.1, -0.05) is 12.2 Å². The van der Waals surface area contributed by atoms with Crippen LogP contribution < -0.4 is 5.32 Å². The predicted molar refractivity (Wildman–Crippen MR) is 90.3 cm³/mol. The Morgan fingerprint density at radius 3 is 2.86 bits per heavy atom. The van der Waals surface area contributed by atoms with Crippen LogP contribution in [0.5, 0.6) is 0 Å². The van der Waals surface area contributed by atoms with Crippen molar-refractivity contribution < 1.29 is 4.79 Å². The fourth-order valence-corrected chi connectivity index (χ4v) is 3.21. The van der Waals surface area contributed by atoms with E-state index in [1.807, 2.05) is 33.2 Å². The molecule has 5 heteroatoms. The number of hydrogen-bond acceptors (Lipinski definition) is 3. The van der Waals surface area contributed by atoms with E-state index in [2.05, 4.69) is 33.8 Å². The standard InChI is InChI=1S/C16H23N3OS/c1-5-6-8-19-13-10-12(2)21-15(13)11-14(19)16(20)17-7-9-18(3)4/h5-6,10-11H,7-9H2,1-4H3,(H,17,20)/b6-5+. The summed E-state index contributed by atoms with van der Waals surface area (Å²) < 4.78 is 3.26.